The van der Waals surface area contributed by atoms with E-state index in [-0.39, 0.29) is 52.6 Å². The van der Waals surface area contributed by atoms with Crippen LogP contribution in [0.5, 0.6) is 0 Å². The minimum atomic E-state index is -1.34. The Bertz CT molecular complexity index is 1300. The van der Waals surface area contributed by atoms with Crippen LogP contribution >= 0.6 is 51.4 Å². The Kier molecular flexibility index (Phi) is 9.17. The molecule has 0 radical (unpaired) electrons. The summed E-state index contributed by atoms with van der Waals surface area (Å²) < 4.78 is 5.72. The second-order valence-corrected chi connectivity index (χ2v) is 10.8. The zero-order chi connectivity index (χ0) is 26.0. The first-order chi connectivity index (χ1) is 17.2. The number of nitrogens with zero attached hydrogens (tertiary/aromatic N) is 3. The van der Waals surface area contributed by atoms with E-state index in [9.17, 15) is 24.3 Å². The van der Waals surface area contributed by atoms with E-state index in [4.69, 9.17) is 15.3 Å². The highest BCUT2D eigenvalue weighted by molar-refractivity contribution is 9.11. The molecule has 2 aliphatic heterocycles. The Morgan fingerprint density at radius 1 is 1.32 bits per heavy atom. The molecule has 12 nitrogen and oxygen atoms in total. The molecule has 1 aromatic carbocycles. The predicted molar refractivity (Wildman–Crippen MR) is 141 cm³/mol. The molecule has 4 N–H and O–H groups in total. The van der Waals surface area contributed by atoms with E-state index in [1.807, 2.05) is 0 Å². The van der Waals surface area contributed by atoms with Crippen molar-refractivity contribution in [3.05, 3.63) is 56.6 Å². The number of oxime groups is 1. The zero-order valence-electron chi connectivity index (χ0n) is 18.9. The number of carboxylic acid groups (broad SMARTS) is 1. The fourth-order valence-corrected chi connectivity index (χ4v) is 6.22. The van der Waals surface area contributed by atoms with Gasteiger partial charge in [-0.2, -0.15) is 0 Å². The molecule has 0 spiro atoms. The van der Waals surface area contributed by atoms with Crippen molar-refractivity contribution in [3.8, 4) is 0 Å². The van der Waals surface area contributed by atoms with Crippen LogP contribution < -0.4 is 11.1 Å². The molecule has 16 heteroatoms. The van der Waals surface area contributed by atoms with Crippen LogP contribution in [0.1, 0.15) is 16.1 Å². The number of hydrogen-bond donors (Lipinski definition) is 3. The van der Waals surface area contributed by atoms with Gasteiger partial charge in [-0.25, -0.2) is 14.6 Å². The molecule has 3 heterocycles. The number of amides is 2. The highest BCUT2D eigenvalue weighted by Crippen LogP contribution is 2.40. The quantitative estimate of drug-likeness (QED) is 0.169. The van der Waals surface area contributed by atoms with E-state index in [2.05, 4.69) is 31.4 Å². The third kappa shape index (κ3) is 5.74. The molecule has 0 bridgehead atoms. The third-order valence-electron chi connectivity index (χ3n) is 5.15. The Balaban J connectivity index is 0.00000380. The van der Waals surface area contributed by atoms with Crippen LogP contribution in [0, 0.1) is 0 Å². The number of hydrogen-bond acceptors (Lipinski definition) is 11. The topological polar surface area (TPSA) is 174 Å². The summed E-state index contributed by atoms with van der Waals surface area (Å²) in [5.41, 5.74) is 5.96. The molecule has 2 atom stereocenters. The second-order valence-electron chi connectivity index (χ2n) is 7.36. The number of nitrogens with one attached hydrogen (secondary N) is 1. The maximum absolute atomic E-state index is 12.9. The molecule has 4 rings (SSSR count). The lowest BCUT2D eigenvalue weighted by Crippen LogP contribution is -2.71. The summed E-state index contributed by atoms with van der Waals surface area (Å²) in [5.74, 6) is -3.15. The van der Waals surface area contributed by atoms with Gasteiger partial charge in [0.05, 0.1) is 5.56 Å². The number of nitrogen functional groups attached to an aromatic ring is 1. The molecule has 37 heavy (non-hydrogen) atoms. The number of nitrogens with two attached hydrogens (primary N) is 1. The van der Waals surface area contributed by atoms with Gasteiger partial charge >= 0.3 is 11.9 Å². The van der Waals surface area contributed by atoms with E-state index >= 15 is 0 Å². The highest BCUT2D eigenvalue weighted by atomic mass is 79.9. The van der Waals surface area contributed by atoms with Crippen molar-refractivity contribution in [2.45, 2.75) is 11.4 Å². The number of carbonyl (C=O) groups is 4. The van der Waals surface area contributed by atoms with Gasteiger partial charge in [0.2, 0.25) is 0 Å². The standard InChI is InChI=1S/C21H18BrN5O7S2.ClH/c1-33-26-12(11-15(22)36-21(23)25-11)16(28)24-13-17(29)27-14(19(30)31)10(8-35-18(13)27)7-34-20(32)9-5-3-2-4-6-9;/h2-6,13,18H,7-8H2,1H3,(H2,23,25)(H,24,28)(H,30,31);1H/b26-12-;/t13?,18-;/m1./s1. The van der Waals surface area contributed by atoms with Crippen molar-refractivity contribution < 1.29 is 33.9 Å². The van der Waals surface area contributed by atoms with Crippen LogP contribution in [0.2, 0.25) is 0 Å². The number of thioether (sulfide) groups is 1. The van der Waals surface area contributed by atoms with Crippen molar-refractivity contribution >= 4 is 86.0 Å². The van der Waals surface area contributed by atoms with Crippen LogP contribution in [0.3, 0.4) is 0 Å². The number of rotatable bonds is 8. The van der Waals surface area contributed by atoms with Gasteiger partial charge in [0.15, 0.2) is 10.8 Å². The van der Waals surface area contributed by atoms with Gasteiger partial charge in [-0.05, 0) is 28.1 Å². The summed E-state index contributed by atoms with van der Waals surface area (Å²) in [5, 5.41) is 15.6. The van der Waals surface area contributed by atoms with Crippen molar-refractivity contribution in [2.75, 3.05) is 25.2 Å². The molecule has 1 saturated heterocycles. The molecular weight excluding hydrogens is 614 g/mol. The molecule has 196 valence electrons. The number of β-lactam (4-membered cyclic amide) rings is 1. The summed E-state index contributed by atoms with van der Waals surface area (Å²) in [6.45, 7) is -0.292. The Hall–Kier alpha value is -3.14. The summed E-state index contributed by atoms with van der Waals surface area (Å²) in [4.78, 5) is 60.0. The molecule has 0 aliphatic carbocycles. The molecule has 2 aromatic rings. The summed E-state index contributed by atoms with van der Waals surface area (Å²) >= 11 is 5.59. The summed E-state index contributed by atoms with van der Waals surface area (Å²) in [6.07, 6.45) is 0. The molecule has 2 aliphatic rings. The first-order valence-corrected chi connectivity index (χ1v) is 12.8. The number of carbonyl (C=O) groups excluding carboxylic acids is 3. The van der Waals surface area contributed by atoms with Crippen molar-refractivity contribution in [3.63, 3.8) is 0 Å². The number of aliphatic carboxylic acids is 1. The predicted octanol–water partition coefficient (Wildman–Crippen LogP) is 1.86. The average molecular weight is 633 g/mol. The van der Waals surface area contributed by atoms with Gasteiger partial charge in [-0.1, -0.05) is 34.7 Å². The molecular formula is C21H19BrClN5O7S2. The first kappa shape index (κ1) is 28.4. The number of benzene rings is 1. The SMILES string of the molecule is CO/N=C(\C(=O)NC1C(=O)N2C(C(=O)O)=C(COC(=O)c3ccccc3)CS[C@H]12)c1nc(N)sc1Br.Cl. The van der Waals surface area contributed by atoms with Crippen molar-refractivity contribution in [1.29, 1.82) is 0 Å². The lowest BCUT2D eigenvalue weighted by Gasteiger charge is -2.49. The van der Waals surface area contributed by atoms with E-state index in [1.165, 1.54) is 18.9 Å². The lowest BCUT2D eigenvalue weighted by molar-refractivity contribution is -0.150. The largest absolute Gasteiger partial charge is 0.477 e. The molecule has 1 aromatic heterocycles. The minimum absolute atomic E-state index is 0. The summed E-state index contributed by atoms with van der Waals surface area (Å²) in [6, 6.07) is 7.25. The van der Waals surface area contributed by atoms with E-state index in [0.29, 0.717) is 9.35 Å². The number of halogens is 2. The minimum Gasteiger partial charge on any atom is -0.477 e. The van der Waals surface area contributed by atoms with Gasteiger partial charge in [0, 0.05) is 11.3 Å². The average Bonchev–Trinajstić information content (AvgIpc) is 3.20. The maximum atomic E-state index is 12.9. The summed E-state index contributed by atoms with van der Waals surface area (Å²) in [7, 11) is 1.25. The fourth-order valence-electron chi connectivity index (χ4n) is 3.56. The van der Waals surface area contributed by atoms with Crippen LogP contribution in [-0.4, -0.2) is 75.3 Å². The lowest BCUT2D eigenvalue weighted by atomic mass is 10.0. The highest BCUT2D eigenvalue weighted by Gasteiger charge is 2.54. The van der Waals surface area contributed by atoms with Gasteiger partial charge in [0.1, 0.15) is 40.3 Å². The number of anilines is 1. The second kappa shape index (κ2) is 11.9. The van der Waals surface area contributed by atoms with E-state index in [1.54, 1.807) is 30.3 Å². The molecule has 1 fully saturated rings. The maximum Gasteiger partial charge on any atom is 0.352 e. The third-order valence-corrected chi connectivity index (χ3v) is 8.02. The van der Waals surface area contributed by atoms with Crippen molar-refractivity contribution in [2.24, 2.45) is 5.16 Å². The van der Waals surface area contributed by atoms with Crippen LogP contribution in [0.25, 0.3) is 0 Å². The van der Waals surface area contributed by atoms with E-state index in [0.717, 1.165) is 16.2 Å². The van der Waals surface area contributed by atoms with Crippen LogP contribution in [0.4, 0.5) is 5.13 Å². The van der Waals surface area contributed by atoms with Gasteiger partial charge in [-0.15, -0.1) is 24.2 Å². The molecule has 1 unspecified atom stereocenters. The smallest absolute Gasteiger partial charge is 0.352 e. The number of fused-ring (bicyclic) bond motifs is 1. The number of carboxylic acids is 1. The number of thiazole rings is 1. The Morgan fingerprint density at radius 2 is 2.03 bits per heavy atom. The Labute approximate surface area is 232 Å². The van der Waals surface area contributed by atoms with Gasteiger partial charge in [0.25, 0.3) is 11.8 Å². The van der Waals surface area contributed by atoms with E-state index < -0.39 is 35.2 Å². The zero-order valence-corrected chi connectivity index (χ0v) is 22.9. The normalized spacial score (nSPS) is 18.8. The van der Waals surface area contributed by atoms with Crippen LogP contribution in [-0.2, 0) is 24.0 Å². The first-order valence-electron chi connectivity index (χ1n) is 10.2. The fraction of sp³-hybridized carbons (Fsp3) is 0.238. The number of esters is 1. The van der Waals surface area contributed by atoms with Crippen molar-refractivity contribution in [1.82, 2.24) is 15.2 Å². The number of ether oxygens (including phenoxy) is 1. The van der Waals surface area contributed by atoms with Gasteiger partial charge in [-0.3, -0.25) is 14.5 Å². The Morgan fingerprint density at radius 3 is 2.62 bits per heavy atom. The molecule has 2 amide bonds. The number of aromatic nitrogens is 1. The van der Waals surface area contributed by atoms with Crippen LogP contribution in [0.15, 0.2) is 50.5 Å². The van der Waals surface area contributed by atoms with Gasteiger partial charge < -0.3 is 25.7 Å². The molecule has 0 saturated carbocycles. The monoisotopic (exact) mass is 631 g/mol.